The highest BCUT2D eigenvalue weighted by Gasteiger charge is 2.44. The first kappa shape index (κ1) is 24.1. The number of pyridine rings is 1. The first-order valence-electron chi connectivity index (χ1n) is 10.1. The molecule has 0 aliphatic carbocycles. The molecule has 1 fully saturated rings. The molecule has 34 heavy (non-hydrogen) atoms. The van der Waals surface area contributed by atoms with Crippen LogP contribution in [0.4, 0.5) is 8.78 Å². The SMILES string of the molecule is CONC(=O)c1cc2c(Oc3ccc(CC(=S)N4CC(F)(F)C4)c(Cl)c3)ccnc2cc1OC. The van der Waals surface area contributed by atoms with Crippen LogP contribution in [0.1, 0.15) is 15.9 Å². The van der Waals surface area contributed by atoms with E-state index in [2.05, 4.69) is 10.5 Å². The highest BCUT2D eigenvalue weighted by molar-refractivity contribution is 7.80. The van der Waals surface area contributed by atoms with Gasteiger partial charge in [-0.3, -0.25) is 14.6 Å². The Morgan fingerprint density at radius 1 is 1.21 bits per heavy atom. The van der Waals surface area contributed by atoms with Crippen molar-refractivity contribution < 1.29 is 27.9 Å². The lowest BCUT2D eigenvalue weighted by Crippen LogP contribution is -2.58. The molecule has 3 aromatic rings. The summed E-state index contributed by atoms with van der Waals surface area (Å²) in [6.45, 7) is -0.732. The van der Waals surface area contributed by atoms with Crippen LogP contribution >= 0.6 is 23.8 Å². The fourth-order valence-corrected chi connectivity index (χ4v) is 4.08. The molecule has 11 heteroatoms. The zero-order valence-corrected chi connectivity index (χ0v) is 19.8. The van der Waals surface area contributed by atoms with Crippen LogP contribution < -0.4 is 15.0 Å². The van der Waals surface area contributed by atoms with Gasteiger partial charge in [0.05, 0.1) is 43.4 Å². The van der Waals surface area contributed by atoms with Gasteiger partial charge in [-0.2, -0.15) is 0 Å². The van der Waals surface area contributed by atoms with Crippen molar-refractivity contribution >= 4 is 45.6 Å². The fourth-order valence-electron chi connectivity index (χ4n) is 3.56. The van der Waals surface area contributed by atoms with Gasteiger partial charge in [-0.1, -0.05) is 29.9 Å². The van der Waals surface area contributed by atoms with Crippen LogP contribution in [0.15, 0.2) is 42.6 Å². The summed E-state index contributed by atoms with van der Waals surface area (Å²) in [5, 5.41) is 0.969. The molecule has 1 aliphatic heterocycles. The minimum absolute atomic E-state index is 0.244. The molecular weight excluding hydrogens is 488 g/mol. The number of methoxy groups -OCH3 is 1. The maximum absolute atomic E-state index is 13.1. The normalized spacial score (nSPS) is 14.4. The second kappa shape index (κ2) is 9.65. The minimum atomic E-state index is -2.69. The lowest BCUT2D eigenvalue weighted by Gasteiger charge is -2.40. The number of rotatable bonds is 7. The topological polar surface area (TPSA) is 72.9 Å². The molecule has 1 aliphatic rings. The molecule has 1 saturated heterocycles. The van der Waals surface area contributed by atoms with Crippen LogP contribution in [0.25, 0.3) is 10.9 Å². The number of nitrogens with zero attached hydrogens (tertiary/aromatic N) is 2. The number of fused-ring (bicyclic) bond motifs is 1. The molecule has 0 bridgehead atoms. The van der Waals surface area contributed by atoms with Gasteiger partial charge in [-0.15, -0.1) is 0 Å². The van der Waals surface area contributed by atoms with Crippen molar-refractivity contribution in [1.29, 1.82) is 0 Å². The number of aromatic nitrogens is 1. The number of carbonyl (C=O) groups excluding carboxylic acids is 1. The molecule has 1 aromatic heterocycles. The highest BCUT2D eigenvalue weighted by Crippen LogP contribution is 2.35. The number of likely N-dealkylation sites (tertiary alicyclic amines) is 1. The van der Waals surface area contributed by atoms with Crippen LogP contribution in [-0.2, 0) is 11.3 Å². The first-order chi connectivity index (χ1) is 16.2. The molecule has 1 N–H and O–H groups in total. The molecule has 4 rings (SSSR count). The largest absolute Gasteiger partial charge is 0.496 e. The molecule has 1 amide bonds. The van der Waals surface area contributed by atoms with Gasteiger partial charge in [0.15, 0.2) is 0 Å². The van der Waals surface area contributed by atoms with E-state index in [9.17, 15) is 13.6 Å². The number of hydrogen-bond acceptors (Lipinski definition) is 6. The van der Waals surface area contributed by atoms with Gasteiger partial charge in [0, 0.05) is 29.1 Å². The summed E-state index contributed by atoms with van der Waals surface area (Å²) in [5.74, 6) is -1.95. The first-order valence-corrected chi connectivity index (χ1v) is 10.9. The molecule has 178 valence electrons. The molecule has 2 heterocycles. The Kier molecular flexibility index (Phi) is 6.83. The van der Waals surface area contributed by atoms with E-state index in [4.69, 9.17) is 38.1 Å². The highest BCUT2D eigenvalue weighted by atomic mass is 35.5. The van der Waals surface area contributed by atoms with Crippen molar-refractivity contribution in [3.8, 4) is 17.2 Å². The lowest BCUT2D eigenvalue weighted by atomic mass is 10.1. The lowest BCUT2D eigenvalue weighted by molar-refractivity contribution is -0.100. The molecule has 0 atom stereocenters. The Balaban J connectivity index is 1.57. The number of hydroxylamine groups is 1. The van der Waals surface area contributed by atoms with E-state index in [0.29, 0.717) is 43.7 Å². The molecule has 2 aromatic carbocycles. The monoisotopic (exact) mass is 507 g/mol. The third-order valence-corrected chi connectivity index (χ3v) is 6.01. The number of benzene rings is 2. The van der Waals surface area contributed by atoms with Crippen LogP contribution in [-0.4, -0.2) is 54.0 Å². The Bertz CT molecular complexity index is 1270. The Morgan fingerprint density at radius 3 is 2.62 bits per heavy atom. The maximum atomic E-state index is 13.1. The Labute approximate surface area is 204 Å². The number of carbonyl (C=O) groups is 1. The molecule has 0 saturated carbocycles. The van der Waals surface area contributed by atoms with E-state index in [0.717, 1.165) is 0 Å². The molecular formula is C23H20ClF2N3O4S. The summed E-state index contributed by atoms with van der Waals surface area (Å²) < 4.78 is 37.6. The van der Waals surface area contributed by atoms with Crippen LogP contribution in [0.5, 0.6) is 17.2 Å². The Hall–Kier alpha value is -3.08. The van der Waals surface area contributed by atoms with Crippen LogP contribution in [0.3, 0.4) is 0 Å². The number of alkyl halides is 2. The van der Waals surface area contributed by atoms with Crippen molar-refractivity contribution in [2.75, 3.05) is 27.3 Å². The van der Waals surface area contributed by atoms with Crippen molar-refractivity contribution in [1.82, 2.24) is 15.4 Å². The molecule has 0 radical (unpaired) electrons. The van der Waals surface area contributed by atoms with Crippen LogP contribution in [0.2, 0.25) is 5.02 Å². The predicted octanol–water partition coefficient (Wildman–Crippen LogP) is 4.80. The van der Waals surface area contributed by atoms with E-state index in [1.54, 1.807) is 42.6 Å². The second-order valence-corrected chi connectivity index (χ2v) is 8.53. The van der Waals surface area contributed by atoms with Crippen LogP contribution in [0, 0.1) is 0 Å². The van der Waals surface area contributed by atoms with Gasteiger partial charge >= 0.3 is 0 Å². The average Bonchev–Trinajstić information content (AvgIpc) is 2.78. The third-order valence-electron chi connectivity index (χ3n) is 5.25. The summed E-state index contributed by atoms with van der Waals surface area (Å²) in [7, 11) is 2.79. The van der Waals surface area contributed by atoms with Gasteiger partial charge in [0.1, 0.15) is 17.2 Å². The van der Waals surface area contributed by atoms with Gasteiger partial charge < -0.3 is 14.4 Å². The molecule has 0 unspecified atom stereocenters. The van der Waals surface area contributed by atoms with E-state index < -0.39 is 11.8 Å². The fraction of sp³-hybridized carbons (Fsp3) is 0.261. The number of amides is 1. The van der Waals surface area contributed by atoms with Crippen molar-refractivity contribution in [2.45, 2.75) is 12.3 Å². The minimum Gasteiger partial charge on any atom is -0.496 e. The van der Waals surface area contributed by atoms with E-state index in [-0.39, 0.29) is 25.1 Å². The summed E-state index contributed by atoms with van der Waals surface area (Å²) in [5.41, 5.74) is 3.77. The van der Waals surface area contributed by atoms with Gasteiger partial charge in [0.2, 0.25) is 0 Å². The summed E-state index contributed by atoms with van der Waals surface area (Å²) in [4.78, 5) is 23.3. The number of thiocarbonyl (C=S) groups is 1. The molecule has 7 nitrogen and oxygen atoms in total. The predicted molar refractivity (Wildman–Crippen MR) is 127 cm³/mol. The second-order valence-electron chi connectivity index (χ2n) is 7.65. The smallest absolute Gasteiger partial charge is 0.282 e. The average molecular weight is 508 g/mol. The maximum Gasteiger partial charge on any atom is 0.282 e. The number of halogens is 3. The van der Waals surface area contributed by atoms with Gasteiger partial charge in [0.25, 0.3) is 11.8 Å². The van der Waals surface area contributed by atoms with Crippen molar-refractivity contribution in [2.24, 2.45) is 0 Å². The zero-order chi connectivity index (χ0) is 24.5. The number of ether oxygens (including phenoxy) is 2. The van der Waals surface area contributed by atoms with E-state index in [1.807, 2.05) is 0 Å². The Morgan fingerprint density at radius 2 is 1.97 bits per heavy atom. The van der Waals surface area contributed by atoms with Gasteiger partial charge in [-0.05, 0) is 29.8 Å². The van der Waals surface area contributed by atoms with Gasteiger partial charge in [-0.25, -0.2) is 14.3 Å². The summed E-state index contributed by atoms with van der Waals surface area (Å²) in [6.07, 6.45) is 1.85. The summed E-state index contributed by atoms with van der Waals surface area (Å²) in [6, 6.07) is 9.96. The van der Waals surface area contributed by atoms with E-state index >= 15 is 0 Å². The zero-order valence-electron chi connectivity index (χ0n) is 18.2. The summed E-state index contributed by atoms with van der Waals surface area (Å²) >= 11 is 11.7. The van der Waals surface area contributed by atoms with Crippen molar-refractivity contribution in [3.63, 3.8) is 0 Å². The quantitative estimate of drug-likeness (QED) is 0.364. The standard InChI is InChI=1S/C23H20ClF2N3O4S/c1-31-20-10-18-15(9-16(20)22(30)28-32-2)19(5-6-27-18)33-14-4-3-13(17(24)8-14)7-21(34)29-11-23(25,26)12-29/h3-6,8-10H,7,11-12H2,1-2H3,(H,28,30). The number of hydrogen-bond donors (Lipinski definition) is 1. The molecule has 0 spiro atoms. The van der Waals surface area contributed by atoms with Crippen molar-refractivity contribution in [3.05, 3.63) is 58.7 Å². The number of nitrogens with one attached hydrogen (secondary N) is 1. The third kappa shape index (κ3) is 5.03. The van der Waals surface area contributed by atoms with E-state index in [1.165, 1.54) is 19.1 Å².